The second kappa shape index (κ2) is 6.43. The van der Waals surface area contributed by atoms with Crippen LogP contribution < -0.4 is 0 Å². The van der Waals surface area contributed by atoms with Crippen molar-refractivity contribution in [2.45, 2.75) is 19.9 Å². The number of aromatic nitrogens is 1. The molecular weight excluding hydrogens is 274 g/mol. The number of halogens is 2. The van der Waals surface area contributed by atoms with Gasteiger partial charge in [-0.1, -0.05) is 18.2 Å². The molecule has 1 aromatic carbocycles. The summed E-state index contributed by atoms with van der Waals surface area (Å²) in [5.41, 5.74) is 0.869. The molecule has 5 heteroatoms. The lowest BCUT2D eigenvalue weighted by Gasteiger charge is -2.28. The molecule has 3 nitrogen and oxygen atoms in total. The predicted octanol–water partition coefficient (Wildman–Crippen LogP) is 3.58. The minimum Gasteiger partial charge on any atom is -0.331 e. The maximum Gasteiger partial charge on any atom is 0.273 e. The van der Waals surface area contributed by atoms with Crippen molar-refractivity contribution in [3.63, 3.8) is 0 Å². The van der Waals surface area contributed by atoms with Gasteiger partial charge in [-0.15, -0.1) is 0 Å². The minimum atomic E-state index is -0.689. The van der Waals surface area contributed by atoms with Crippen molar-refractivity contribution in [3.8, 4) is 0 Å². The van der Waals surface area contributed by atoms with Crippen LogP contribution in [0.25, 0.3) is 0 Å². The molecule has 21 heavy (non-hydrogen) atoms. The number of rotatable bonds is 4. The lowest BCUT2D eigenvalue weighted by atomic mass is 10.1. The van der Waals surface area contributed by atoms with Gasteiger partial charge in [-0.05, 0) is 43.7 Å². The SMILES string of the molecule is CCN(C(=O)c1cccc(F)n1)C(C)c1ccc(F)cc1. The Labute approximate surface area is 122 Å². The van der Waals surface area contributed by atoms with Crippen LogP contribution in [0.5, 0.6) is 0 Å². The fourth-order valence-electron chi connectivity index (χ4n) is 2.19. The van der Waals surface area contributed by atoms with E-state index >= 15 is 0 Å². The third-order valence-electron chi connectivity index (χ3n) is 3.36. The fraction of sp³-hybridized carbons (Fsp3) is 0.250. The molecule has 0 radical (unpaired) electrons. The summed E-state index contributed by atoms with van der Waals surface area (Å²) in [6.07, 6.45) is 0. The van der Waals surface area contributed by atoms with Crippen LogP contribution in [0.1, 0.15) is 35.9 Å². The van der Waals surface area contributed by atoms with E-state index in [0.29, 0.717) is 6.54 Å². The molecule has 2 aromatic rings. The maximum absolute atomic E-state index is 13.1. The fourth-order valence-corrected chi connectivity index (χ4v) is 2.19. The Hall–Kier alpha value is -2.30. The Morgan fingerprint density at radius 1 is 1.19 bits per heavy atom. The van der Waals surface area contributed by atoms with Gasteiger partial charge in [0, 0.05) is 6.54 Å². The van der Waals surface area contributed by atoms with Gasteiger partial charge in [-0.2, -0.15) is 4.39 Å². The van der Waals surface area contributed by atoms with Crippen molar-refractivity contribution in [1.82, 2.24) is 9.88 Å². The molecule has 0 N–H and O–H groups in total. The zero-order valence-corrected chi connectivity index (χ0v) is 11.9. The molecule has 0 fully saturated rings. The number of hydrogen-bond acceptors (Lipinski definition) is 2. The van der Waals surface area contributed by atoms with Gasteiger partial charge in [0.2, 0.25) is 5.95 Å². The summed E-state index contributed by atoms with van der Waals surface area (Å²) in [6, 6.07) is 9.83. The zero-order valence-electron chi connectivity index (χ0n) is 11.9. The minimum absolute atomic E-state index is 0.0609. The first-order chi connectivity index (χ1) is 10.0. The van der Waals surface area contributed by atoms with Crippen LogP contribution in [-0.4, -0.2) is 22.3 Å². The molecule has 0 aliphatic heterocycles. The molecular formula is C16H16F2N2O. The Balaban J connectivity index is 2.26. The van der Waals surface area contributed by atoms with Crippen LogP contribution >= 0.6 is 0 Å². The second-order valence-electron chi connectivity index (χ2n) is 4.66. The molecule has 0 saturated carbocycles. The molecule has 1 atom stereocenters. The summed E-state index contributed by atoms with van der Waals surface area (Å²) in [4.78, 5) is 17.6. The van der Waals surface area contributed by atoms with Crippen molar-refractivity contribution in [2.75, 3.05) is 6.54 Å². The van der Waals surface area contributed by atoms with Crippen molar-refractivity contribution in [2.24, 2.45) is 0 Å². The Morgan fingerprint density at radius 2 is 1.86 bits per heavy atom. The topological polar surface area (TPSA) is 33.2 Å². The highest BCUT2D eigenvalue weighted by atomic mass is 19.1. The number of pyridine rings is 1. The smallest absolute Gasteiger partial charge is 0.273 e. The summed E-state index contributed by atoms with van der Waals surface area (Å²) in [7, 11) is 0. The van der Waals surface area contributed by atoms with Crippen LogP contribution in [0.2, 0.25) is 0 Å². The Bertz CT molecular complexity index is 628. The first kappa shape index (κ1) is 15.1. The molecule has 0 spiro atoms. The van der Waals surface area contributed by atoms with Crippen LogP contribution in [0.15, 0.2) is 42.5 Å². The molecule has 1 amide bonds. The molecule has 2 rings (SSSR count). The average molecular weight is 290 g/mol. The van der Waals surface area contributed by atoms with Crippen LogP contribution in [-0.2, 0) is 0 Å². The normalized spacial score (nSPS) is 12.0. The van der Waals surface area contributed by atoms with E-state index in [1.54, 1.807) is 17.0 Å². The van der Waals surface area contributed by atoms with E-state index in [4.69, 9.17) is 0 Å². The molecule has 1 unspecified atom stereocenters. The summed E-state index contributed by atoms with van der Waals surface area (Å²) in [5, 5.41) is 0. The molecule has 0 bridgehead atoms. The van der Waals surface area contributed by atoms with Crippen LogP contribution in [0.3, 0.4) is 0 Å². The lowest BCUT2D eigenvalue weighted by molar-refractivity contribution is 0.0695. The first-order valence-electron chi connectivity index (χ1n) is 6.72. The summed E-state index contributed by atoms with van der Waals surface area (Å²) in [5.74, 6) is -1.37. The third kappa shape index (κ3) is 3.42. The highest BCUT2D eigenvalue weighted by Crippen LogP contribution is 2.22. The Kier molecular flexibility index (Phi) is 4.62. The van der Waals surface area contributed by atoms with Gasteiger partial charge in [-0.3, -0.25) is 4.79 Å². The van der Waals surface area contributed by atoms with E-state index in [-0.39, 0.29) is 23.5 Å². The number of hydrogen-bond donors (Lipinski definition) is 0. The van der Waals surface area contributed by atoms with Gasteiger partial charge in [0.25, 0.3) is 5.91 Å². The Morgan fingerprint density at radius 3 is 2.43 bits per heavy atom. The number of carbonyl (C=O) groups excluding carboxylic acids is 1. The van der Waals surface area contributed by atoms with E-state index < -0.39 is 5.95 Å². The third-order valence-corrected chi connectivity index (χ3v) is 3.36. The van der Waals surface area contributed by atoms with Gasteiger partial charge >= 0.3 is 0 Å². The standard InChI is InChI=1S/C16H16F2N2O/c1-3-20(11(2)12-7-9-13(17)10-8-12)16(21)14-5-4-6-15(18)19-14/h4-11H,3H2,1-2H3. The van der Waals surface area contributed by atoms with E-state index in [2.05, 4.69) is 4.98 Å². The van der Waals surface area contributed by atoms with Gasteiger partial charge in [0.15, 0.2) is 0 Å². The quantitative estimate of drug-likeness (QED) is 0.806. The molecule has 1 heterocycles. The van der Waals surface area contributed by atoms with Crippen LogP contribution in [0, 0.1) is 11.8 Å². The van der Waals surface area contributed by atoms with Gasteiger partial charge < -0.3 is 4.90 Å². The summed E-state index contributed by atoms with van der Waals surface area (Å²) in [6.45, 7) is 4.11. The highest BCUT2D eigenvalue weighted by Gasteiger charge is 2.22. The second-order valence-corrected chi connectivity index (χ2v) is 4.66. The molecule has 0 aliphatic carbocycles. The van der Waals surface area contributed by atoms with Crippen LogP contribution in [0.4, 0.5) is 8.78 Å². The van der Waals surface area contributed by atoms with Crippen molar-refractivity contribution in [3.05, 3.63) is 65.5 Å². The van der Waals surface area contributed by atoms with Gasteiger partial charge in [-0.25, -0.2) is 9.37 Å². The average Bonchev–Trinajstić information content (AvgIpc) is 2.48. The van der Waals surface area contributed by atoms with Crippen molar-refractivity contribution in [1.29, 1.82) is 0 Å². The van der Waals surface area contributed by atoms with Gasteiger partial charge in [0.05, 0.1) is 6.04 Å². The number of nitrogens with zero attached hydrogens (tertiary/aromatic N) is 2. The van der Waals surface area contributed by atoms with E-state index in [9.17, 15) is 13.6 Å². The predicted molar refractivity (Wildman–Crippen MR) is 75.7 cm³/mol. The number of benzene rings is 1. The van der Waals surface area contributed by atoms with Gasteiger partial charge in [0.1, 0.15) is 11.5 Å². The maximum atomic E-state index is 13.1. The zero-order chi connectivity index (χ0) is 15.4. The molecule has 0 saturated heterocycles. The lowest BCUT2D eigenvalue weighted by Crippen LogP contribution is -2.34. The molecule has 1 aromatic heterocycles. The monoisotopic (exact) mass is 290 g/mol. The van der Waals surface area contributed by atoms with Crippen molar-refractivity contribution < 1.29 is 13.6 Å². The number of carbonyl (C=O) groups is 1. The largest absolute Gasteiger partial charge is 0.331 e. The van der Waals surface area contributed by atoms with E-state index in [1.807, 2.05) is 13.8 Å². The highest BCUT2D eigenvalue weighted by molar-refractivity contribution is 5.92. The molecule has 110 valence electrons. The van der Waals surface area contributed by atoms with E-state index in [0.717, 1.165) is 5.56 Å². The molecule has 0 aliphatic rings. The first-order valence-corrected chi connectivity index (χ1v) is 6.72. The summed E-state index contributed by atoms with van der Waals surface area (Å²) < 4.78 is 26.1. The van der Waals surface area contributed by atoms with E-state index in [1.165, 1.54) is 30.3 Å². The number of amides is 1. The van der Waals surface area contributed by atoms with Crippen molar-refractivity contribution >= 4 is 5.91 Å². The summed E-state index contributed by atoms with van der Waals surface area (Å²) >= 11 is 0.